The molecule has 3 heterocycles. The van der Waals surface area contributed by atoms with Crippen LogP contribution in [0.1, 0.15) is 57.4 Å². The zero-order chi connectivity index (χ0) is 17.9. The van der Waals surface area contributed by atoms with Crippen LogP contribution in [0.5, 0.6) is 0 Å². The second-order valence-electron chi connectivity index (χ2n) is 7.89. The minimum absolute atomic E-state index is 0.793. The third-order valence-electron chi connectivity index (χ3n) is 5.87. The molecule has 1 fully saturated rings. The van der Waals surface area contributed by atoms with Gasteiger partial charge >= 0.3 is 0 Å². The summed E-state index contributed by atoms with van der Waals surface area (Å²) in [6.45, 7) is 4.54. The maximum atomic E-state index is 6.25. The van der Waals surface area contributed by atoms with E-state index in [1.54, 1.807) is 0 Å². The Hall–Kier alpha value is -1.61. The molecule has 3 aliphatic heterocycles. The quantitative estimate of drug-likeness (QED) is 0.555. The molecule has 0 saturated carbocycles. The van der Waals surface area contributed by atoms with Crippen LogP contribution < -0.4 is 0 Å². The lowest BCUT2D eigenvalue weighted by molar-refractivity contribution is 0.315. The standard InChI is InChI=1S/C22H28ClN3/c1-16-5-2-3-13-26(14-11-16)22-21-17(6-4-12-24-21)7-8-18-15-19(23)9-10-20(18)25-22/h9-10,12,15-16H,2-8,11,13-14H2,1H3. The highest BCUT2D eigenvalue weighted by Crippen LogP contribution is 2.33. The van der Waals surface area contributed by atoms with E-state index in [2.05, 4.69) is 30.2 Å². The van der Waals surface area contributed by atoms with Crippen LogP contribution in [0.4, 0.5) is 5.69 Å². The molecule has 3 aliphatic rings. The first kappa shape index (κ1) is 17.8. The summed E-state index contributed by atoms with van der Waals surface area (Å²) in [5.41, 5.74) is 4.93. The van der Waals surface area contributed by atoms with Crippen molar-refractivity contribution in [1.82, 2.24) is 4.90 Å². The van der Waals surface area contributed by atoms with E-state index in [-0.39, 0.29) is 0 Å². The Labute approximate surface area is 161 Å². The summed E-state index contributed by atoms with van der Waals surface area (Å²) in [7, 11) is 0. The fourth-order valence-electron chi connectivity index (χ4n) is 4.24. The van der Waals surface area contributed by atoms with E-state index in [4.69, 9.17) is 21.6 Å². The molecular weight excluding hydrogens is 342 g/mol. The van der Waals surface area contributed by atoms with Gasteiger partial charge in [-0.05, 0) is 73.8 Å². The van der Waals surface area contributed by atoms with Crippen molar-refractivity contribution in [3.05, 3.63) is 40.1 Å². The van der Waals surface area contributed by atoms with Crippen molar-refractivity contribution in [1.29, 1.82) is 0 Å². The Balaban J connectivity index is 1.76. The van der Waals surface area contributed by atoms with Gasteiger partial charge in [-0.25, -0.2) is 4.99 Å². The number of aryl methyl sites for hydroxylation is 1. The molecule has 0 amide bonds. The summed E-state index contributed by atoms with van der Waals surface area (Å²) < 4.78 is 0. The molecule has 4 rings (SSSR count). The van der Waals surface area contributed by atoms with Crippen LogP contribution in [-0.4, -0.2) is 30.0 Å². The Bertz CT molecular complexity index is 763. The number of fused-ring (bicyclic) bond motifs is 1. The lowest BCUT2D eigenvalue weighted by atomic mass is 9.94. The molecule has 1 atom stereocenters. The third-order valence-corrected chi connectivity index (χ3v) is 6.11. The van der Waals surface area contributed by atoms with Gasteiger partial charge in [0.25, 0.3) is 0 Å². The molecule has 0 bridgehead atoms. The number of amidine groups is 1. The number of rotatable bonds is 0. The molecular formula is C22H28ClN3. The van der Waals surface area contributed by atoms with Gasteiger partial charge in [0, 0.05) is 24.3 Å². The highest BCUT2D eigenvalue weighted by molar-refractivity contribution is 6.30. The number of hydrogen-bond acceptors (Lipinski definition) is 3. The SMILES string of the molecule is CC1CCCCN(C2=Nc3ccc(Cl)cc3CCC3=C2N=CCC3)CC1. The highest BCUT2D eigenvalue weighted by atomic mass is 35.5. The minimum atomic E-state index is 0.793. The summed E-state index contributed by atoms with van der Waals surface area (Å²) in [6.07, 6.45) is 11.4. The molecule has 138 valence electrons. The number of halogens is 1. The van der Waals surface area contributed by atoms with E-state index in [1.165, 1.54) is 36.8 Å². The fourth-order valence-corrected chi connectivity index (χ4v) is 4.43. The summed E-state index contributed by atoms with van der Waals surface area (Å²) in [5.74, 6) is 1.88. The van der Waals surface area contributed by atoms with Gasteiger partial charge in [-0.1, -0.05) is 31.4 Å². The average molecular weight is 370 g/mol. The monoisotopic (exact) mass is 369 g/mol. The number of benzene rings is 1. The number of nitrogens with zero attached hydrogens (tertiary/aromatic N) is 3. The van der Waals surface area contributed by atoms with Gasteiger partial charge in [0.2, 0.25) is 0 Å². The number of hydrogen-bond donors (Lipinski definition) is 0. The molecule has 0 radical (unpaired) electrons. The molecule has 26 heavy (non-hydrogen) atoms. The van der Waals surface area contributed by atoms with Crippen LogP contribution >= 0.6 is 11.6 Å². The van der Waals surface area contributed by atoms with Crippen molar-refractivity contribution >= 4 is 29.3 Å². The smallest absolute Gasteiger partial charge is 0.155 e. The van der Waals surface area contributed by atoms with Gasteiger partial charge < -0.3 is 4.90 Å². The van der Waals surface area contributed by atoms with Crippen LogP contribution in [0.25, 0.3) is 0 Å². The second kappa shape index (κ2) is 7.96. The van der Waals surface area contributed by atoms with Crippen LogP contribution in [0, 0.1) is 5.92 Å². The van der Waals surface area contributed by atoms with Crippen LogP contribution in [0.2, 0.25) is 5.02 Å². The average Bonchev–Trinajstić information content (AvgIpc) is 2.62. The van der Waals surface area contributed by atoms with E-state index in [9.17, 15) is 0 Å². The molecule has 1 aromatic rings. The predicted molar refractivity (Wildman–Crippen MR) is 111 cm³/mol. The summed E-state index contributed by atoms with van der Waals surface area (Å²) in [4.78, 5) is 12.5. The van der Waals surface area contributed by atoms with Crippen LogP contribution in [-0.2, 0) is 6.42 Å². The lowest BCUT2D eigenvalue weighted by Crippen LogP contribution is -2.36. The van der Waals surface area contributed by atoms with Gasteiger partial charge in [-0.3, -0.25) is 4.99 Å². The molecule has 0 aliphatic carbocycles. The van der Waals surface area contributed by atoms with Gasteiger partial charge in [0.15, 0.2) is 5.84 Å². The molecule has 0 spiro atoms. The van der Waals surface area contributed by atoms with Crippen LogP contribution in [0.3, 0.4) is 0 Å². The van der Waals surface area contributed by atoms with E-state index >= 15 is 0 Å². The Kier molecular flexibility index (Phi) is 5.44. The molecule has 0 N–H and O–H groups in total. The predicted octanol–water partition coefficient (Wildman–Crippen LogP) is 5.95. The molecule has 1 aromatic carbocycles. The Morgan fingerprint density at radius 1 is 1.08 bits per heavy atom. The van der Waals surface area contributed by atoms with Crippen molar-refractivity contribution in [3.8, 4) is 0 Å². The Morgan fingerprint density at radius 2 is 2.00 bits per heavy atom. The van der Waals surface area contributed by atoms with Crippen molar-refractivity contribution in [2.24, 2.45) is 15.9 Å². The Morgan fingerprint density at radius 3 is 2.92 bits per heavy atom. The molecule has 0 aromatic heterocycles. The van der Waals surface area contributed by atoms with Crippen molar-refractivity contribution in [2.75, 3.05) is 13.1 Å². The maximum absolute atomic E-state index is 6.25. The molecule has 4 heteroatoms. The third kappa shape index (κ3) is 3.88. The van der Waals surface area contributed by atoms with E-state index < -0.39 is 0 Å². The van der Waals surface area contributed by atoms with E-state index in [1.807, 2.05) is 6.07 Å². The first-order valence-corrected chi connectivity index (χ1v) is 10.5. The van der Waals surface area contributed by atoms with E-state index in [0.717, 1.165) is 66.9 Å². The largest absolute Gasteiger partial charge is 0.355 e. The summed E-state index contributed by atoms with van der Waals surface area (Å²) in [6, 6.07) is 6.12. The van der Waals surface area contributed by atoms with Crippen LogP contribution in [0.15, 0.2) is 39.5 Å². The second-order valence-corrected chi connectivity index (χ2v) is 8.32. The number of aliphatic imine (C=N–C) groups is 2. The summed E-state index contributed by atoms with van der Waals surface area (Å²) in [5, 5.41) is 0.803. The zero-order valence-corrected chi connectivity index (χ0v) is 16.4. The van der Waals surface area contributed by atoms with Gasteiger partial charge in [-0.2, -0.15) is 0 Å². The number of likely N-dealkylation sites (tertiary alicyclic amines) is 1. The van der Waals surface area contributed by atoms with Gasteiger partial charge in [0.05, 0.1) is 5.69 Å². The molecule has 3 nitrogen and oxygen atoms in total. The van der Waals surface area contributed by atoms with Crippen molar-refractivity contribution < 1.29 is 0 Å². The van der Waals surface area contributed by atoms with E-state index in [0.29, 0.717) is 0 Å². The zero-order valence-electron chi connectivity index (χ0n) is 15.7. The van der Waals surface area contributed by atoms with Crippen molar-refractivity contribution in [3.63, 3.8) is 0 Å². The van der Waals surface area contributed by atoms with Gasteiger partial charge in [-0.15, -0.1) is 0 Å². The maximum Gasteiger partial charge on any atom is 0.155 e. The normalized spacial score (nSPS) is 24.0. The fraction of sp³-hybridized carbons (Fsp3) is 0.545. The topological polar surface area (TPSA) is 28.0 Å². The highest BCUT2D eigenvalue weighted by Gasteiger charge is 2.24. The number of allylic oxidation sites excluding steroid dienone is 1. The first-order chi connectivity index (χ1) is 12.7. The minimum Gasteiger partial charge on any atom is -0.355 e. The summed E-state index contributed by atoms with van der Waals surface area (Å²) >= 11 is 6.25. The van der Waals surface area contributed by atoms with Crippen molar-refractivity contribution in [2.45, 2.75) is 58.3 Å². The lowest BCUT2D eigenvalue weighted by Gasteiger charge is -2.32. The van der Waals surface area contributed by atoms with Gasteiger partial charge in [0.1, 0.15) is 5.70 Å². The molecule has 1 unspecified atom stereocenters. The first-order valence-electron chi connectivity index (χ1n) is 10.1. The molecule has 1 saturated heterocycles.